The van der Waals surface area contributed by atoms with Crippen molar-refractivity contribution in [3.05, 3.63) is 35.9 Å². The zero-order chi connectivity index (χ0) is 18.4. The maximum atomic E-state index is 12.4. The molecule has 1 aromatic carbocycles. The third-order valence-corrected chi connectivity index (χ3v) is 4.67. The molecule has 0 fully saturated rings. The van der Waals surface area contributed by atoms with Crippen LogP contribution in [-0.2, 0) is 11.3 Å². The average Bonchev–Trinajstić information content (AvgIpc) is 2.98. The number of hydrogen-bond donors (Lipinski definition) is 3. The van der Waals surface area contributed by atoms with Crippen LogP contribution in [-0.4, -0.2) is 39.8 Å². The number of nitrogens with zero attached hydrogens (tertiary/aromatic N) is 2. The minimum absolute atomic E-state index is 0.0235. The Balaban J connectivity index is 1.63. The maximum Gasteiger partial charge on any atom is 0.240 e. The fraction of sp³-hybridized carbons (Fsp3) is 0.500. The fourth-order valence-electron chi connectivity index (χ4n) is 3.30. The first-order valence-electron chi connectivity index (χ1n) is 9.45. The molecule has 2 aromatic rings. The highest BCUT2D eigenvalue weighted by Crippen LogP contribution is 2.20. The van der Waals surface area contributed by atoms with Gasteiger partial charge in [0, 0.05) is 13.1 Å². The Hall–Kier alpha value is -2.34. The van der Waals surface area contributed by atoms with E-state index >= 15 is 0 Å². The van der Waals surface area contributed by atoms with Gasteiger partial charge in [0.25, 0.3) is 0 Å². The highest BCUT2D eigenvalue weighted by atomic mass is 16.3. The van der Waals surface area contributed by atoms with E-state index < -0.39 is 6.10 Å². The second-order valence-electron chi connectivity index (χ2n) is 6.95. The van der Waals surface area contributed by atoms with Crippen molar-refractivity contribution in [3.8, 4) is 0 Å². The number of aliphatic hydroxyl groups is 1. The minimum atomic E-state index is -0.485. The number of anilines is 1. The summed E-state index contributed by atoms with van der Waals surface area (Å²) in [5, 5.41) is 15.7. The lowest BCUT2D eigenvalue weighted by molar-refractivity contribution is -0.121. The minimum Gasteiger partial charge on any atom is -0.392 e. The van der Waals surface area contributed by atoms with E-state index in [4.69, 9.17) is 0 Å². The van der Waals surface area contributed by atoms with Crippen molar-refractivity contribution in [3.63, 3.8) is 0 Å². The van der Waals surface area contributed by atoms with Crippen molar-refractivity contribution in [1.29, 1.82) is 0 Å². The van der Waals surface area contributed by atoms with Gasteiger partial charge in [-0.25, -0.2) is 4.98 Å². The molecule has 1 aliphatic rings. The molecule has 1 atom stereocenters. The predicted molar refractivity (Wildman–Crippen MR) is 104 cm³/mol. The summed E-state index contributed by atoms with van der Waals surface area (Å²) in [5.41, 5.74) is 3.20. The second kappa shape index (κ2) is 8.85. The van der Waals surface area contributed by atoms with Gasteiger partial charge in [0.2, 0.25) is 11.9 Å². The van der Waals surface area contributed by atoms with E-state index in [0.29, 0.717) is 19.0 Å². The molecule has 26 heavy (non-hydrogen) atoms. The van der Waals surface area contributed by atoms with E-state index in [0.717, 1.165) is 23.9 Å². The van der Waals surface area contributed by atoms with Crippen molar-refractivity contribution < 1.29 is 9.90 Å². The Kier molecular flexibility index (Phi) is 6.28. The fourth-order valence-corrected chi connectivity index (χ4v) is 3.30. The van der Waals surface area contributed by atoms with Gasteiger partial charge < -0.3 is 20.3 Å². The summed E-state index contributed by atoms with van der Waals surface area (Å²) in [4.78, 5) is 17.0. The Morgan fingerprint density at radius 3 is 2.96 bits per heavy atom. The van der Waals surface area contributed by atoms with Crippen molar-refractivity contribution in [2.75, 3.05) is 18.4 Å². The van der Waals surface area contributed by atoms with Crippen LogP contribution in [0.5, 0.6) is 0 Å². The molecule has 1 aromatic heterocycles. The average molecular weight is 356 g/mol. The van der Waals surface area contributed by atoms with Gasteiger partial charge in [0.05, 0.1) is 17.1 Å². The standard InChI is InChI=1S/C20H28N4O2/c1-15(25)13-22-20-23-17-9-5-6-10-18(17)24(20)14-19(26)21-12-11-16-7-3-2-4-8-16/h5-7,9-10,15,25H,2-4,8,11-14H2,1H3,(H,21,26)(H,22,23). The zero-order valence-electron chi connectivity index (χ0n) is 15.4. The van der Waals surface area contributed by atoms with Crippen molar-refractivity contribution >= 4 is 22.9 Å². The molecule has 0 bridgehead atoms. The quantitative estimate of drug-likeness (QED) is 0.636. The highest BCUT2D eigenvalue weighted by Gasteiger charge is 2.14. The molecule has 3 rings (SSSR count). The smallest absolute Gasteiger partial charge is 0.240 e. The van der Waals surface area contributed by atoms with E-state index in [1.807, 2.05) is 28.8 Å². The Morgan fingerprint density at radius 2 is 2.19 bits per heavy atom. The van der Waals surface area contributed by atoms with Crippen LogP contribution in [0, 0.1) is 0 Å². The van der Waals surface area contributed by atoms with E-state index in [1.54, 1.807) is 6.92 Å². The van der Waals surface area contributed by atoms with Crippen LogP contribution < -0.4 is 10.6 Å². The second-order valence-corrected chi connectivity index (χ2v) is 6.95. The highest BCUT2D eigenvalue weighted by molar-refractivity contribution is 5.83. The Morgan fingerprint density at radius 1 is 1.35 bits per heavy atom. The van der Waals surface area contributed by atoms with Crippen LogP contribution in [0.2, 0.25) is 0 Å². The topological polar surface area (TPSA) is 79.2 Å². The van der Waals surface area contributed by atoms with Crippen LogP contribution in [0.1, 0.15) is 39.0 Å². The largest absolute Gasteiger partial charge is 0.392 e. The van der Waals surface area contributed by atoms with Gasteiger partial charge >= 0.3 is 0 Å². The third kappa shape index (κ3) is 4.85. The van der Waals surface area contributed by atoms with Gasteiger partial charge in [-0.05, 0) is 51.2 Å². The number of hydrogen-bond acceptors (Lipinski definition) is 4. The normalized spacial score (nSPS) is 15.5. The van der Waals surface area contributed by atoms with Crippen LogP contribution >= 0.6 is 0 Å². The lowest BCUT2D eigenvalue weighted by atomic mass is 9.97. The molecular formula is C20H28N4O2. The molecule has 0 aliphatic heterocycles. The van der Waals surface area contributed by atoms with Crippen LogP contribution in [0.25, 0.3) is 11.0 Å². The molecule has 0 saturated carbocycles. The maximum absolute atomic E-state index is 12.4. The summed E-state index contributed by atoms with van der Waals surface area (Å²) in [5.74, 6) is 0.585. The first kappa shape index (κ1) is 18.5. The van der Waals surface area contributed by atoms with Crippen LogP contribution in [0.3, 0.4) is 0 Å². The summed E-state index contributed by atoms with van der Waals surface area (Å²) < 4.78 is 1.87. The molecule has 1 aliphatic carbocycles. The monoisotopic (exact) mass is 356 g/mol. The molecule has 3 N–H and O–H groups in total. The molecule has 1 amide bonds. The number of benzene rings is 1. The van der Waals surface area contributed by atoms with Gasteiger partial charge in [-0.1, -0.05) is 23.8 Å². The van der Waals surface area contributed by atoms with Gasteiger partial charge in [-0.2, -0.15) is 0 Å². The third-order valence-electron chi connectivity index (χ3n) is 4.67. The molecule has 1 unspecified atom stereocenters. The van der Waals surface area contributed by atoms with E-state index in [1.165, 1.54) is 24.8 Å². The molecule has 6 heteroatoms. The number of fused-ring (bicyclic) bond motifs is 1. The molecule has 0 spiro atoms. The lowest BCUT2D eigenvalue weighted by Gasteiger charge is -2.14. The number of carbonyl (C=O) groups excluding carboxylic acids is 1. The Labute approximate surface area is 154 Å². The van der Waals surface area contributed by atoms with Crippen LogP contribution in [0.15, 0.2) is 35.9 Å². The summed E-state index contributed by atoms with van der Waals surface area (Å²) in [6.07, 6.45) is 7.64. The molecule has 1 heterocycles. The Bertz CT molecular complexity index is 779. The number of rotatable bonds is 8. The van der Waals surface area contributed by atoms with Gasteiger partial charge in [-0.3, -0.25) is 4.79 Å². The molecule has 140 valence electrons. The summed E-state index contributed by atoms with van der Waals surface area (Å²) in [6, 6.07) is 7.74. The van der Waals surface area contributed by atoms with Crippen molar-refractivity contribution in [2.24, 2.45) is 0 Å². The molecular weight excluding hydrogens is 328 g/mol. The predicted octanol–water partition coefficient (Wildman–Crippen LogP) is 2.84. The summed E-state index contributed by atoms with van der Waals surface area (Å²) >= 11 is 0. The number of amides is 1. The lowest BCUT2D eigenvalue weighted by Crippen LogP contribution is -2.29. The molecule has 0 radical (unpaired) electrons. The van der Waals surface area contributed by atoms with Crippen molar-refractivity contribution in [1.82, 2.24) is 14.9 Å². The number of para-hydroxylation sites is 2. The van der Waals surface area contributed by atoms with E-state index in [9.17, 15) is 9.90 Å². The first-order chi connectivity index (χ1) is 12.6. The number of carbonyl (C=O) groups is 1. The van der Waals surface area contributed by atoms with Gasteiger partial charge in [-0.15, -0.1) is 0 Å². The van der Waals surface area contributed by atoms with E-state index in [-0.39, 0.29) is 12.5 Å². The van der Waals surface area contributed by atoms with Crippen LogP contribution in [0.4, 0.5) is 5.95 Å². The number of allylic oxidation sites excluding steroid dienone is 1. The van der Waals surface area contributed by atoms with E-state index in [2.05, 4.69) is 21.7 Å². The van der Waals surface area contributed by atoms with Crippen molar-refractivity contribution in [2.45, 2.75) is 51.7 Å². The summed E-state index contributed by atoms with van der Waals surface area (Å²) in [6.45, 7) is 2.99. The molecule has 0 saturated heterocycles. The number of imidazole rings is 1. The SMILES string of the molecule is CC(O)CNc1nc2ccccc2n1CC(=O)NCCC1=CCCCC1. The number of nitrogens with one attached hydrogen (secondary N) is 2. The van der Waals surface area contributed by atoms with Gasteiger partial charge in [0.15, 0.2) is 0 Å². The molecule has 6 nitrogen and oxygen atoms in total. The zero-order valence-corrected chi connectivity index (χ0v) is 15.4. The number of aromatic nitrogens is 2. The number of aliphatic hydroxyl groups excluding tert-OH is 1. The first-order valence-corrected chi connectivity index (χ1v) is 9.45. The van der Waals surface area contributed by atoms with Gasteiger partial charge in [0.1, 0.15) is 6.54 Å². The summed E-state index contributed by atoms with van der Waals surface area (Å²) in [7, 11) is 0.